The van der Waals surface area contributed by atoms with Crippen molar-refractivity contribution >= 4 is 17.5 Å². The second kappa shape index (κ2) is 11.3. The maximum absolute atomic E-state index is 13.0. The molecule has 1 fully saturated rings. The van der Waals surface area contributed by atoms with Crippen LogP contribution >= 0.6 is 0 Å². The molecule has 1 aliphatic heterocycles. The Labute approximate surface area is 209 Å². The molecule has 4 rings (SSSR count). The number of ketones is 1. The van der Waals surface area contributed by atoms with Crippen LogP contribution in [0.5, 0.6) is 5.75 Å². The van der Waals surface area contributed by atoms with E-state index in [9.17, 15) is 4.79 Å². The molecule has 0 unspecified atom stereocenters. The number of hydrogen-bond donors (Lipinski definition) is 0. The molecule has 35 heavy (non-hydrogen) atoms. The molecular formula is C30H35N3O2. The van der Waals surface area contributed by atoms with E-state index in [1.807, 2.05) is 56.6 Å². The summed E-state index contributed by atoms with van der Waals surface area (Å²) < 4.78 is 5.61. The molecule has 5 nitrogen and oxygen atoms in total. The average Bonchev–Trinajstić information content (AvgIpc) is 2.87. The van der Waals surface area contributed by atoms with E-state index in [0.717, 1.165) is 66.4 Å². The zero-order valence-corrected chi connectivity index (χ0v) is 21.2. The van der Waals surface area contributed by atoms with Crippen LogP contribution in [0.4, 0.5) is 5.69 Å². The van der Waals surface area contributed by atoms with Gasteiger partial charge < -0.3 is 19.4 Å². The quantitative estimate of drug-likeness (QED) is 0.340. The Morgan fingerprint density at radius 2 is 1.74 bits per heavy atom. The first kappa shape index (κ1) is 24.7. The van der Waals surface area contributed by atoms with Crippen LogP contribution in [0.1, 0.15) is 21.5 Å². The van der Waals surface area contributed by atoms with Gasteiger partial charge in [0, 0.05) is 49.5 Å². The molecule has 1 heterocycles. The van der Waals surface area contributed by atoms with E-state index in [1.54, 1.807) is 13.2 Å². The van der Waals surface area contributed by atoms with Gasteiger partial charge in [-0.25, -0.2) is 0 Å². The summed E-state index contributed by atoms with van der Waals surface area (Å²) in [6.45, 7) is 4.74. The van der Waals surface area contributed by atoms with Crippen LogP contribution < -0.4 is 9.64 Å². The molecule has 1 aliphatic rings. The van der Waals surface area contributed by atoms with E-state index in [-0.39, 0.29) is 5.78 Å². The molecule has 0 aliphatic carbocycles. The zero-order chi connectivity index (χ0) is 24.8. The maximum Gasteiger partial charge on any atom is 0.185 e. The number of para-hydroxylation sites is 1. The molecule has 0 saturated carbocycles. The summed E-state index contributed by atoms with van der Waals surface area (Å²) in [5, 5.41) is 0. The third kappa shape index (κ3) is 6.18. The lowest BCUT2D eigenvalue weighted by Crippen LogP contribution is -2.44. The van der Waals surface area contributed by atoms with Gasteiger partial charge in [-0.05, 0) is 68.2 Å². The molecule has 0 amide bonds. The fourth-order valence-electron chi connectivity index (χ4n) is 4.51. The number of ether oxygens (including phenoxy) is 1. The molecule has 1 saturated heterocycles. The first-order valence-corrected chi connectivity index (χ1v) is 12.1. The highest BCUT2D eigenvalue weighted by Gasteiger charge is 2.18. The van der Waals surface area contributed by atoms with Crippen LogP contribution in [0.25, 0.3) is 17.2 Å². The average molecular weight is 470 g/mol. The van der Waals surface area contributed by atoms with E-state index < -0.39 is 0 Å². The highest BCUT2D eigenvalue weighted by atomic mass is 16.5. The summed E-state index contributed by atoms with van der Waals surface area (Å²) in [7, 11) is 7.93. The van der Waals surface area contributed by atoms with E-state index in [0.29, 0.717) is 5.56 Å². The fourth-order valence-corrected chi connectivity index (χ4v) is 4.51. The minimum absolute atomic E-state index is 0.0174. The van der Waals surface area contributed by atoms with Crippen LogP contribution in [0, 0.1) is 0 Å². The molecule has 0 radical (unpaired) electrons. The maximum atomic E-state index is 13.0. The van der Waals surface area contributed by atoms with Gasteiger partial charge in [-0.2, -0.15) is 0 Å². The van der Waals surface area contributed by atoms with Crippen LogP contribution in [0.15, 0.2) is 72.8 Å². The number of nitrogens with zero attached hydrogens (tertiary/aromatic N) is 3. The van der Waals surface area contributed by atoms with Crippen molar-refractivity contribution < 1.29 is 9.53 Å². The first-order chi connectivity index (χ1) is 16.9. The molecule has 0 aromatic heterocycles. The number of allylic oxidation sites excluding steroid dienone is 1. The summed E-state index contributed by atoms with van der Waals surface area (Å²) in [4.78, 5) is 19.9. The number of likely N-dealkylation sites (N-methyl/N-ethyl adjacent to an activating group) is 1. The van der Waals surface area contributed by atoms with Gasteiger partial charge in [-0.3, -0.25) is 4.79 Å². The Bertz CT molecular complexity index is 1190. The van der Waals surface area contributed by atoms with Crippen molar-refractivity contribution in [1.29, 1.82) is 0 Å². The molecule has 0 N–H and O–H groups in total. The molecule has 0 spiro atoms. The first-order valence-electron chi connectivity index (χ1n) is 12.1. The van der Waals surface area contributed by atoms with Gasteiger partial charge in [0.05, 0.1) is 7.11 Å². The molecule has 5 heteroatoms. The Morgan fingerprint density at radius 3 is 2.49 bits per heavy atom. The van der Waals surface area contributed by atoms with Crippen molar-refractivity contribution in [2.45, 2.75) is 6.54 Å². The van der Waals surface area contributed by atoms with Gasteiger partial charge in [-0.1, -0.05) is 48.5 Å². The predicted molar refractivity (Wildman–Crippen MR) is 145 cm³/mol. The van der Waals surface area contributed by atoms with Crippen LogP contribution in [0.2, 0.25) is 0 Å². The summed E-state index contributed by atoms with van der Waals surface area (Å²) in [6.07, 6.45) is 3.66. The normalized spacial score (nSPS) is 14.6. The summed E-state index contributed by atoms with van der Waals surface area (Å²) >= 11 is 0. The van der Waals surface area contributed by atoms with Crippen molar-refractivity contribution in [1.82, 2.24) is 9.80 Å². The summed E-state index contributed by atoms with van der Waals surface area (Å²) in [6, 6.07) is 22.4. The molecule has 0 atom stereocenters. The number of carbonyl (C=O) groups is 1. The van der Waals surface area contributed by atoms with E-state index in [1.165, 1.54) is 0 Å². The summed E-state index contributed by atoms with van der Waals surface area (Å²) in [5.74, 6) is 0.872. The lowest BCUT2D eigenvalue weighted by Gasteiger charge is -2.35. The molecule has 3 aromatic carbocycles. The van der Waals surface area contributed by atoms with E-state index in [4.69, 9.17) is 4.74 Å². The number of rotatable bonds is 8. The van der Waals surface area contributed by atoms with Gasteiger partial charge in [0.25, 0.3) is 0 Å². The Balaban J connectivity index is 1.66. The lowest BCUT2D eigenvalue weighted by atomic mass is 9.99. The van der Waals surface area contributed by atoms with E-state index in [2.05, 4.69) is 52.1 Å². The van der Waals surface area contributed by atoms with Gasteiger partial charge >= 0.3 is 0 Å². The number of anilines is 1. The number of benzene rings is 3. The monoisotopic (exact) mass is 469 g/mol. The van der Waals surface area contributed by atoms with Gasteiger partial charge in [0.2, 0.25) is 0 Å². The van der Waals surface area contributed by atoms with Crippen molar-refractivity contribution in [2.24, 2.45) is 0 Å². The Hall–Kier alpha value is -3.41. The largest absolute Gasteiger partial charge is 0.496 e. The van der Waals surface area contributed by atoms with Crippen LogP contribution in [0.3, 0.4) is 0 Å². The SMILES string of the molecule is COc1ccccc1-c1ccc(C=CC(=O)c2cccc(CN(C)C)c2)c(N2CCN(C)CC2)c1. The number of carbonyl (C=O) groups excluding carboxylic acids is 1. The molecule has 0 bridgehead atoms. The molecule has 3 aromatic rings. The van der Waals surface area contributed by atoms with Crippen molar-refractivity contribution in [2.75, 3.05) is 59.3 Å². The second-order valence-corrected chi connectivity index (χ2v) is 9.40. The molecule has 182 valence electrons. The number of piperazine rings is 1. The zero-order valence-electron chi connectivity index (χ0n) is 21.2. The van der Waals surface area contributed by atoms with Gasteiger partial charge in [0.1, 0.15) is 5.75 Å². The van der Waals surface area contributed by atoms with Gasteiger partial charge in [0.15, 0.2) is 5.78 Å². The predicted octanol–water partition coefficient (Wildman–Crippen LogP) is 5.07. The topological polar surface area (TPSA) is 36.0 Å². The van der Waals surface area contributed by atoms with Crippen LogP contribution in [-0.4, -0.2) is 70.0 Å². The number of methoxy groups -OCH3 is 1. The van der Waals surface area contributed by atoms with Crippen molar-refractivity contribution in [3.8, 4) is 16.9 Å². The van der Waals surface area contributed by atoms with Crippen molar-refractivity contribution in [3.63, 3.8) is 0 Å². The highest BCUT2D eigenvalue weighted by Crippen LogP contribution is 2.34. The smallest absolute Gasteiger partial charge is 0.185 e. The minimum Gasteiger partial charge on any atom is -0.496 e. The number of hydrogen-bond acceptors (Lipinski definition) is 5. The van der Waals surface area contributed by atoms with E-state index >= 15 is 0 Å². The molecular weight excluding hydrogens is 434 g/mol. The van der Waals surface area contributed by atoms with Gasteiger partial charge in [-0.15, -0.1) is 0 Å². The Morgan fingerprint density at radius 1 is 0.971 bits per heavy atom. The summed E-state index contributed by atoms with van der Waals surface area (Å²) in [5.41, 5.74) is 6.21. The van der Waals surface area contributed by atoms with Crippen molar-refractivity contribution in [3.05, 3.63) is 89.5 Å². The third-order valence-corrected chi connectivity index (χ3v) is 6.42. The lowest BCUT2D eigenvalue weighted by molar-refractivity contribution is 0.104. The van der Waals surface area contributed by atoms with Crippen LogP contribution in [-0.2, 0) is 6.54 Å². The fraction of sp³-hybridized carbons (Fsp3) is 0.300. The highest BCUT2D eigenvalue weighted by molar-refractivity contribution is 6.07. The standard InChI is InChI=1S/C30H35N3O2/c1-31(2)22-23-8-7-9-26(20-23)29(34)15-14-24-12-13-25(27-10-5-6-11-30(27)35-4)21-28(24)33-18-16-32(3)17-19-33/h5-15,20-21H,16-19,22H2,1-4H3. The minimum atomic E-state index is 0.0174. The third-order valence-electron chi connectivity index (χ3n) is 6.42. The Kier molecular flexibility index (Phi) is 8.01. The second-order valence-electron chi connectivity index (χ2n) is 9.40.